The van der Waals surface area contributed by atoms with Gasteiger partial charge in [-0.2, -0.15) is 0 Å². The normalized spacial score (nSPS) is 18.5. The summed E-state index contributed by atoms with van der Waals surface area (Å²) in [5, 5.41) is 6.68. The number of hydrogen-bond donors (Lipinski definition) is 2. The van der Waals surface area contributed by atoms with Crippen LogP contribution in [-0.4, -0.2) is 43.1 Å². The van der Waals surface area contributed by atoms with Gasteiger partial charge in [0, 0.05) is 12.6 Å². The highest BCUT2D eigenvalue weighted by Crippen LogP contribution is 2.25. The lowest BCUT2D eigenvalue weighted by Gasteiger charge is -2.32. The average molecular weight is 306 g/mol. The van der Waals surface area contributed by atoms with Crippen molar-refractivity contribution in [2.45, 2.75) is 52.1 Å². The van der Waals surface area contributed by atoms with Gasteiger partial charge in [0.25, 0.3) is 0 Å². The van der Waals surface area contributed by atoms with E-state index in [2.05, 4.69) is 42.4 Å². The largest absolute Gasteiger partial charge is 0.468 e. The second-order valence-electron chi connectivity index (χ2n) is 6.15. The van der Waals surface area contributed by atoms with Crippen molar-refractivity contribution in [1.82, 2.24) is 15.5 Å². The second kappa shape index (κ2) is 8.83. The number of furan rings is 1. The van der Waals surface area contributed by atoms with Crippen LogP contribution < -0.4 is 10.6 Å². The van der Waals surface area contributed by atoms with Gasteiger partial charge in [0.2, 0.25) is 0 Å². The first kappa shape index (κ1) is 16.9. The molecule has 22 heavy (non-hydrogen) atoms. The highest BCUT2D eigenvalue weighted by atomic mass is 16.3. The van der Waals surface area contributed by atoms with E-state index in [1.807, 2.05) is 6.07 Å². The molecule has 0 saturated carbocycles. The van der Waals surface area contributed by atoms with E-state index in [0.29, 0.717) is 6.04 Å². The predicted molar refractivity (Wildman–Crippen MR) is 91.1 cm³/mol. The lowest BCUT2D eigenvalue weighted by atomic mass is 10.1. The molecule has 2 N–H and O–H groups in total. The molecule has 0 bridgehead atoms. The van der Waals surface area contributed by atoms with Gasteiger partial charge in [-0.25, -0.2) is 0 Å². The standard InChI is InChI=1S/C17H30N4O/c1-4-18-17(20-14(2)3)19-13-15(16-9-8-12-22-16)21-10-6-5-7-11-21/h8-9,12,14-15H,4-7,10-11,13H2,1-3H3,(H2,18,19,20). The average Bonchev–Trinajstić information content (AvgIpc) is 3.02. The summed E-state index contributed by atoms with van der Waals surface area (Å²) >= 11 is 0. The quantitative estimate of drug-likeness (QED) is 0.627. The Morgan fingerprint density at radius 3 is 2.68 bits per heavy atom. The third-order valence-corrected chi connectivity index (χ3v) is 3.89. The fourth-order valence-electron chi connectivity index (χ4n) is 2.87. The molecular weight excluding hydrogens is 276 g/mol. The molecule has 1 aromatic rings. The third kappa shape index (κ3) is 5.05. The Morgan fingerprint density at radius 1 is 1.32 bits per heavy atom. The molecule has 1 aliphatic heterocycles. The molecule has 0 aromatic carbocycles. The van der Waals surface area contributed by atoms with Crippen LogP contribution in [0.25, 0.3) is 0 Å². The molecule has 1 atom stereocenters. The van der Waals surface area contributed by atoms with Gasteiger partial charge in [-0.15, -0.1) is 0 Å². The molecular formula is C17H30N4O. The molecule has 1 fully saturated rings. The van der Waals surface area contributed by atoms with Crippen molar-refractivity contribution in [2.24, 2.45) is 4.99 Å². The van der Waals surface area contributed by atoms with Crippen LogP contribution in [0.15, 0.2) is 27.8 Å². The van der Waals surface area contributed by atoms with Gasteiger partial charge >= 0.3 is 0 Å². The molecule has 0 radical (unpaired) electrons. The van der Waals surface area contributed by atoms with E-state index in [0.717, 1.165) is 37.9 Å². The summed E-state index contributed by atoms with van der Waals surface area (Å²) in [6.45, 7) is 10.2. The van der Waals surface area contributed by atoms with Gasteiger partial charge in [0.05, 0.1) is 18.8 Å². The Hall–Kier alpha value is -1.49. The fraction of sp³-hybridized carbons (Fsp3) is 0.706. The van der Waals surface area contributed by atoms with Crippen LogP contribution in [0.5, 0.6) is 0 Å². The maximum Gasteiger partial charge on any atom is 0.191 e. The first-order valence-electron chi connectivity index (χ1n) is 8.53. The smallest absolute Gasteiger partial charge is 0.191 e. The molecule has 1 aliphatic rings. The van der Waals surface area contributed by atoms with Crippen molar-refractivity contribution in [3.63, 3.8) is 0 Å². The van der Waals surface area contributed by atoms with Crippen molar-refractivity contribution >= 4 is 5.96 Å². The predicted octanol–water partition coefficient (Wildman–Crippen LogP) is 2.77. The third-order valence-electron chi connectivity index (χ3n) is 3.89. The number of rotatable bonds is 6. The summed E-state index contributed by atoms with van der Waals surface area (Å²) in [5.41, 5.74) is 0. The molecule has 5 heteroatoms. The molecule has 2 rings (SSSR count). The van der Waals surface area contributed by atoms with Crippen molar-refractivity contribution in [2.75, 3.05) is 26.2 Å². The zero-order chi connectivity index (χ0) is 15.8. The molecule has 5 nitrogen and oxygen atoms in total. The minimum absolute atomic E-state index is 0.234. The Balaban J connectivity index is 2.07. The van der Waals surface area contributed by atoms with Crippen molar-refractivity contribution < 1.29 is 4.42 Å². The van der Waals surface area contributed by atoms with Gasteiger partial charge in [-0.3, -0.25) is 9.89 Å². The lowest BCUT2D eigenvalue weighted by Crippen LogP contribution is -2.42. The van der Waals surface area contributed by atoms with Crippen LogP contribution in [0.2, 0.25) is 0 Å². The minimum Gasteiger partial charge on any atom is -0.468 e. The van der Waals surface area contributed by atoms with E-state index in [9.17, 15) is 0 Å². The molecule has 2 heterocycles. The van der Waals surface area contributed by atoms with Crippen LogP contribution in [0, 0.1) is 0 Å². The molecule has 1 unspecified atom stereocenters. The van der Waals surface area contributed by atoms with Crippen LogP contribution in [-0.2, 0) is 0 Å². The van der Waals surface area contributed by atoms with Gasteiger partial charge in [0.15, 0.2) is 5.96 Å². The fourth-order valence-corrected chi connectivity index (χ4v) is 2.87. The zero-order valence-corrected chi connectivity index (χ0v) is 14.1. The Kier molecular flexibility index (Phi) is 6.77. The highest BCUT2D eigenvalue weighted by Gasteiger charge is 2.24. The first-order valence-corrected chi connectivity index (χ1v) is 8.53. The Morgan fingerprint density at radius 2 is 2.09 bits per heavy atom. The molecule has 0 spiro atoms. The van der Waals surface area contributed by atoms with Gasteiger partial charge < -0.3 is 15.1 Å². The van der Waals surface area contributed by atoms with Crippen LogP contribution in [0.3, 0.4) is 0 Å². The first-order chi connectivity index (χ1) is 10.7. The zero-order valence-electron chi connectivity index (χ0n) is 14.1. The lowest BCUT2D eigenvalue weighted by molar-refractivity contribution is 0.150. The number of likely N-dealkylation sites (tertiary alicyclic amines) is 1. The summed E-state index contributed by atoms with van der Waals surface area (Å²) in [4.78, 5) is 7.28. The number of piperidine rings is 1. The molecule has 0 amide bonds. The van der Waals surface area contributed by atoms with E-state index >= 15 is 0 Å². The summed E-state index contributed by atoms with van der Waals surface area (Å²) in [5.74, 6) is 1.90. The van der Waals surface area contributed by atoms with Gasteiger partial charge in [0.1, 0.15) is 5.76 Å². The molecule has 0 aliphatic carbocycles. The highest BCUT2D eigenvalue weighted by molar-refractivity contribution is 5.80. The van der Waals surface area contributed by atoms with Gasteiger partial charge in [-0.1, -0.05) is 6.42 Å². The summed E-state index contributed by atoms with van der Waals surface area (Å²) in [6, 6.07) is 4.64. The Bertz CT molecular complexity index is 436. The maximum absolute atomic E-state index is 5.67. The Labute approximate surface area is 134 Å². The van der Waals surface area contributed by atoms with E-state index in [1.165, 1.54) is 19.3 Å². The van der Waals surface area contributed by atoms with Gasteiger partial charge in [-0.05, 0) is 58.8 Å². The molecule has 124 valence electrons. The van der Waals surface area contributed by atoms with Crippen molar-refractivity contribution in [3.05, 3.63) is 24.2 Å². The van der Waals surface area contributed by atoms with Crippen LogP contribution in [0.4, 0.5) is 0 Å². The number of hydrogen-bond acceptors (Lipinski definition) is 3. The number of aliphatic imine (C=N–C) groups is 1. The van der Waals surface area contributed by atoms with E-state index in [4.69, 9.17) is 9.41 Å². The monoisotopic (exact) mass is 306 g/mol. The maximum atomic E-state index is 5.67. The molecule has 1 aromatic heterocycles. The van der Waals surface area contributed by atoms with E-state index < -0.39 is 0 Å². The summed E-state index contributed by atoms with van der Waals surface area (Å²) in [7, 11) is 0. The second-order valence-corrected chi connectivity index (χ2v) is 6.15. The molecule has 1 saturated heterocycles. The minimum atomic E-state index is 0.234. The summed E-state index contributed by atoms with van der Waals surface area (Å²) < 4.78 is 5.67. The van der Waals surface area contributed by atoms with E-state index in [-0.39, 0.29) is 6.04 Å². The number of nitrogens with zero attached hydrogens (tertiary/aromatic N) is 2. The van der Waals surface area contributed by atoms with Crippen molar-refractivity contribution in [3.8, 4) is 0 Å². The number of guanidine groups is 1. The summed E-state index contributed by atoms with van der Waals surface area (Å²) in [6.07, 6.45) is 5.63. The SMILES string of the molecule is CCNC(=NCC(c1ccco1)N1CCCCC1)NC(C)C. The van der Waals surface area contributed by atoms with E-state index in [1.54, 1.807) is 6.26 Å². The number of nitrogens with one attached hydrogen (secondary N) is 2. The van der Waals surface area contributed by atoms with Crippen molar-refractivity contribution in [1.29, 1.82) is 0 Å². The topological polar surface area (TPSA) is 52.8 Å². The van der Waals surface area contributed by atoms with Crippen LogP contribution >= 0.6 is 0 Å². The van der Waals surface area contributed by atoms with Crippen LogP contribution in [0.1, 0.15) is 51.8 Å².